The Morgan fingerprint density at radius 2 is 2.05 bits per heavy atom. The summed E-state index contributed by atoms with van der Waals surface area (Å²) in [6.45, 7) is 11.5. The minimum absolute atomic E-state index is 0.115. The maximum Gasteiger partial charge on any atom is 0.329 e. The highest BCUT2D eigenvalue weighted by Crippen LogP contribution is 2.18. The van der Waals surface area contributed by atoms with Crippen molar-refractivity contribution in [1.82, 2.24) is 9.36 Å². The molecular weight excluding hydrogens is 262 g/mol. The Morgan fingerprint density at radius 3 is 2.47 bits per heavy atom. The van der Waals surface area contributed by atoms with Crippen LogP contribution in [0.2, 0.25) is 0 Å². The molecule has 1 rings (SSSR count). The van der Waals surface area contributed by atoms with Gasteiger partial charge in [0.25, 0.3) is 0 Å². The second kappa shape index (κ2) is 6.32. The molecule has 5 nitrogen and oxygen atoms in total. The van der Waals surface area contributed by atoms with Gasteiger partial charge in [-0.1, -0.05) is 20.8 Å². The number of carbonyl (C=O) groups is 1. The Morgan fingerprint density at radius 1 is 1.42 bits per heavy atom. The van der Waals surface area contributed by atoms with Crippen molar-refractivity contribution in [1.29, 1.82) is 0 Å². The van der Waals surface area contributed by atoms with E-state index in [0.29, 0.717) is 5.13 Å². The molecule has 108 valence electrons. The van der Waals surface area contributed by atoms with Crippen LogP contribution < -0.4 is 5.32 Å². The molecule has 0 fully saturated rings. The number of carbonyl (C=O) groups excluding carboxylic acids is 1. The van der Waals surface area contributed by atoms with Gasteiger partial charge in [-0.05, 0) is 26.7 Å². The van der Waals surface area contributed by atoms with E-state index >= 15 is 0 Å². The fourth-order valence-corrected chi connectivity index (χ4v) is 2.14. The first-order chi connectivity index (χ1) is 8.73. The number of hydrogen-bond donors (Lipinski definition) is 1. The van der Waals surface area contributed by atoms with Crippen LogP contribution in [0.3, 0.4) is 0 Å². The van der Waals surface area contributed by atoms with Crippen molar-refractivity contribution in [3.05, 3.63) is 5.82 Å². The van der Waals surface area contributed by atoms with E-state index in [4.69, 9.17) is 4.74 Å². The van der Waals surface area contributed by atoms with Crippen molar-refractivity contribution >= 4 is 22.6 Å². The smallest absolute Gasteiger partial charge is 0.329 e. The van der Waals surface area contributed by atoms with Crippen molar-refractivity contribution in [3.63, 3.8) is 0 Å². The van der Waals surface area contributed by atoms with Crippen LogP contribution in [0.1, 0.15) is 47.4 Å². The maximum absolute atomic E-state index is 12.2. The molecule has 6 heteroatoms. The van der Waals surface area contributed by atoms with E-state index < -0.39 is 11.6 Å². The standard InChI is InChI=1S/C13H23N3O2S/c1-7-9-14-12(19-16-9)15-10(8(2)3)11(17)18-13(4,5)6/h8,10H,7H2,1-6H3,(H,14,15,16)/t10-/m0/s1. The third-order valence-electron chi connectivity index (χ3n) is 2.39. The van der Waals surface area contributed by atoms with E-state index in [9.17, 15) is 4.79 Å². The van der Waals surface area contributed by atoms with Gasteiger partial charge in [0.05, 0.1) is 0 Å². The molecule has 0 aromatic carbocycles. The van der Waals surface area contributed by atoms with Crippen molar-refractivity contribution < 1.29 is 9.53 Å². The molecule has 19 heavy (non-hydrogen) atoms. The summed E-state index contributed by atoms with van der Waals surface area (Å²) in [5, 5.41) is 3.79. The van der Waals surface area contributed by atoms with Gasteiger partial charge in [0.15, 0.2) is 0 Å². The van der Waals surface area contributed by atoms with Gasteiger partial charge in [-0.3, -0.25) is 0 Å². The van der Waals surface area contributed by atoms with Crippen LogP contribution in [0.4, 0.5) is 5.13 Å². The second-order valence-electron chi connectivity index (χ2n) is 5.77. The van der Waals surface area contributed by atoms with Crippen LogP contribution in [0.15, 0.2) is 0 Å². The highest BCUT2D eigenvalue weighted by Gasteiger charge is 2.28. The SMILES string of the molecule is CCc1nsc(N[C@H](C(=O)OC(C)(C)C)C(C)C)n1. The van der Waals surface area contributed by atoms with Gasteiger partial charge in [0.1, 0.15) is 17.5 Å². The lowest BCUT2D eigenvalue weighted by Crippen LogP contribution is -2.39. The van der Waals surface area contributed by atoms with Crippen molar-refractivity contribution in [2.24, 2.45) is 5.92 Å². The summed E-state index contributed by atoms with van der Waals surface area (Å²) < 4.78 is 9.62. The summed E-state index contributed by atoms with van der Waals surface area (Å²) in [7, 11) is 0. The van der Waals surface area contributed by atoms with Crippen LogP contribution in [-0.2, 0) is 16.0 Å². The zero-order valence-corrected chi connectivity index (χ0v) is 13.3. The summed E-state index contributed by atoms with van der Waals surface area (Å²) >= 11 is 1.28. The number of aromatic nitrogens is 2. The molecule has 1 aromatic rings. The number of rotatable bonds is 5. The molecule has 0 aliphatic rings. The Kier molecular flexibility index (Phi) is 5.29. The molecular formula is C13H23N3O2S. The molecule has 0 aliphatic heterocycles. The predicted octanol–water partition coefficient (Wildman–Crippen LogP) is 2.88. The third kappa shape index (κ3) is 5.14. The first-order valence-corrected chi connectivity index (χ1v) is 7.32. The molecule has 1 N–H and O–H groups in total. The Bertz CT molecular complexity index is 424. The van der Waals surface area contributed by atoms with E-state index in [1.54, 1.807) is 0 Å². The molecule has 0 saturated carbocycles. The quantitative estimate of drug-likeness (QED) is 0.843. The monoisotopic (exact) mass is 285 g/mol. The minimum Gasteiger partial charge on any atom is -0.458 e. The molecule has 0 amide bonds. The molecule has 0 unspecified atom stereocenters. The summed E-state index contributed by atoms with van der Waals surface area (Å²) in [6, 6.07) is -0.406. The first-order valence-electron chi connectivity index (χ1n) is 6.55. The highest BCUT2D eigenvalue weighted by atomic mass is 32.1. The Labute approximate surface area is 118 Å². The molecule has 1 atom stereocenters. The van der Waals surface area contributed by atoms with E-state index in [0.717, 1.165) is 12.2 Å². The molecule has 1 aromatic heterocycles. The molecule has 0 spiro atoms. The summed E-state index contributed by atoms with van der Waals surface area (Å²) in [4.78, 5) is 16.5. The number of esters is 1. The van der Waals surface area contributed by atoms with Gasteiger partial charge in [-0.15, -0.1) is 0 Å². The fourth-order valence-electron chi connectivity index (χ4n) is 1.45. The zero-order valence-electron chi connectivity index (χ0n) is 12.5. The molecule has 1 heterocycles. The van der Waals surface area contributed by atoms with Crippen LogP contribution >= 0.6 is 11.5 Å². The lowest BCUT2D eigenvalue weighted by Gasteiger charge is -2.26. The topological polar surface area (TPSA) is 64.1 Å². The van der Waals surface area contributed by atoms with Crippen molar-refractivity contribution in [2.45, 2.75) is 59.6 Å². The summed E-state index contributed by atoms with van der Waals surface area (Å²) in [5.74, 6) is 0.652. The van der Waals surface area contributed by atoms with E-state index in [1.807, 2.05) is 41.5 Å². The van der Waals surface area contributed by atoms with Crippen molar-refractivity contribution in [2.75, 3.05) is 5.32 Å². The summed E-state index contributed by atoms with van der Waals surface area (Å²) in [6.07, 6.45) is 0.789. The maximum atomic E-state index is 12.2. The predicted molar refractivity (Wildman–Crippen MR) is 77.4 cm³/mol. The highest BCUT2D eigenvalue weighted by molar-refractivity contribution is 7.09. The van der Waals surface area contributed by atoms with Crippen LogP contribution in [0.5, 0.6) is 0 Å². The first kappa shape index (κ1) is 15.9. The minimum atomic E-state index is -0.485. The van der Waals surface area contributed by atoms with E-state index in [-0.39, 0.29) is 11.9 Å². The summed E-state index contributed by atoms with van der Waals surface area (Å²) in [5.41, 5.74) is -0.485. The normalized spacial score (nSPS) is 13.4. The average molecular weight is 285 g/mol. The molecule has 0 aliphatic carbocycles. The number of nitrogens with zero attached hydrogens (tertiary/aromatic N) is 2. The third-order valence-corrected chi connectivity index (χ3v) is 3.07. The van der Waals surface area contributed by atoms with Gasteiger partial charge in [-0.25, -0.2) is 9.78 Å². The van der Waals surface area contributed by atoms with E-state index in [1.165, 1.54) is 11.5 Å². The van der Waals surface area contributed by atoms with Crippen LogP contribution in [-0.4, -0.2) is 27.0 Å². The van der Waals surface area contributed by atoms with Gasteiger partial charge >= 0.3 is 5.97 Å². The number of aryl methyl sites for hydroxylation is 1. The van der Waals surface area contributed by atoms with Gasteiger partial charge in [0, 0.05) is 18.0 Å². The average Bonchev–Trinajstić information content (AvgIpc) is 2.70. The molecule has 0 bridgehead atoms. The van der Waals surface area contributed by atoms with Gasteiger partial charge in [0.2, 0.25) is 5.13 Å². The van der Waals surface area contributed by atoms with Crippen LogP contribution in [0, 0.1) is 5.92 Å². The zero-order chi connectivity index (χ0) is 14.6. The largest absolute Gasteiger partial charge is 0.458 e. The van der Waals surface area contributed by atoms with Crippen LogP contribution in [0.25, 0.3) is 0 Å². The Balaban J connectivity index is 2.75. The second-order valence-corrected chi connectivity index (χ2v) is 6.52. The van der Waals surface area contributed by atoms with Gasteiger partial charge < -0.3 is 10.1 Å². The number of nitrogens with one attached hydrogen (secondary N) is 1. The van der Waals surface area contributed by atoms with Crippen molar-refractivity contribution in [3.8, 4) is 0 Å². The number of ether oxygens (including phenoxy) is 1. The Hall–Kier alpha value is -1.17. The number of anilines is 1. The van der Waals surface area contributed by atoms with Gasteiger partial charge in [-0.2, -0.15) is 4.37 Å². The number of hydrogen-bond acceptors (Lipinski definition) is 6. The lowest BCUT2D eigenvalue weighted by atomic mass is 10.0. The lowest BCUT2D eigenvalue weighted by molar-refractivity contribution is -0.156. The molecule has 0 radical (unpaired) electrons. The fraction of sp³-hybridized carbons (Fsp3) is 0.769. The molecule has 0 saturated heterocycles. The van der Waals surface area contributed by atoms with E-state index in [2.05, 4.69) is 14.7 Å².